The number of nitrogens with one attached hydrogen (secondary N) is 2. The zero-order chi connectivity index (χ0) is 23.8. The van der Waals surface area contributed by atoms with E-state index < -0.39 is 11.6 Å². The molecule has 2 N–H and O–H groups in total. The highest BCUT2D eigenvalue weighted by Gasteiger charge is 2.38. The molecule has 10 heteroatoms. The van der Waals surface area contributed by atoms with Crippen LogP contribution in [0.1, 0.15) is 19.4 Å². The molecule has 3 amide bonds. The second kappa shape index (κ2) is 8.61. The zero-order valence-corrected chi connectivity index (χ0v) is 19.5. The summed E-state index contributed by atoms with van der Waals surface area (Å²) in [5.41, 5.74) is 2.01. The van der Waals surface area contributed by atoms with Gasteiger partial charge in [0.05, 0.1) is 10.9 Å². The van der Waals surface area contributed by atoms with Crippen LogP contribution in [0.2, 0.25) is 0 Å². The monoisotopic (exact) mass is 451 g/mol. The highest BCUT2D eigenvalue weighted by molar-refractivity contribution is 5.92. The van der Waals surface area contributed by atoms with Crippen molar-refractivity contribution in [1.29, 1.82) is 0 Å². The number of aromatic amines is 1. The van der Waals surface area contributed by atoms with Crippen LogP contribution in [0.15, 0.2) is 36.8 Å². The molecule has 4 rings (SSSR count). The van der Waals surface area contributed by atoms with Gasteiger partial charge in [0.1, 0.15) is 23.5 Å². The minimum absolute atomic E-state index is 0.207. The van der Waals surface area contributed by atoms with Gasteiger partial charge < -0.3 is 29.7 Å². The van der Waals surface area contributed by atoms with Gasteiger partial charge >= 0.3 is 12.1 Å². The van der Waals surface area contributed by atoms with Crippen molar-refractivity contribution in [2.24, 2.45) is 0 Å². The SMILES string of the molecule is Cc1c[nH]c2ncnc(N3CCN(C(=O)Nc4cccc(OC(=O)N(C)C)c4)C(C)(C)C3)c12. The summed E-state index contributed by atoms with van der Waals surface area (Å²) in [7, 11) is 3.22. The number of anilines is 2. The van der Waals surface area contributed by atoms with Gasteiger partial charge in [-0.25, -0.2) is 19.6 Å². The number of urea groups is 1. The molecular weight excluding hydrogens is 422 g/mol. The number of fused-ring (bicyclic) bond motifs is 1. The number of rotatable bonds is 3. The number of hydrogen-bond donors (Lipinski definition) is 2. The van der Waals surface area contributed by atoms with Crippen molar-refractivity contribution in [1.82, 2.24) is 24.8 Å². The highest BCUT2D eigenvalue weighted by atomic mass is 16.6. The Morgan fingerprint density at radius 1 is 1.21 bits per heavy atom. The Hall–Kier alpha value is -3.82. The first kappa shape index (κ1) is 22.4. The smallest absolute Gasteiger partial charge is 0.410 e. The van der Waals surface area contributed by atoms with Crippen molar-refractivity contribution >= 4 is 34.7 Å². The maximum atomic E-state index is 13.1. The summed E-state index contributed by atoms with van der Waals surface area (Å²) >= 11 is 0. The van der Waals surface area contributed by atoms with E-state index in [-0.39, 0.29) is 6.03 Å². The molecule has 174 valence electrons. The number of ether oxygens (including phenoxy) is 1. The van der Waals surface area contributed by atoms with Gasteiger partial charge in [-0.15, -0.1) is 0 Å². The number of aromatic nitrogens is 3. The summed E-state index contributed by atoms with van der Waals surface area (Å²) in [6.45, 7) is 7.91. The van der Waals surface area contributed by atoms with Crippen molar-refractivity contribution in [3.63, 3.8) is 0 Å². The van der Waals surface area contributed by atoms with Crippen LogP contribution in [0, 0.1) is 6.92 Å². The third-order valence-corrected chi connectivity index (χ3v) is 5.75. The maximum Gasteiger partial charge on any atom is 0.414 e. The predicted molar refractivity (Wildman–Crippen MR) is 127 cm³/mol. The van der Waals surface area contributed by atoms with E-state index in [4.69, 9.17) is 4.74 Å². The Morgan fingerprint density at radius 2 is 2.00 bits per heavy atom. The van der Waals surface area contributed by atoms with Gasteiger partial charge in [-0.2, -0.15) is 0 Å². The number of carbonyl (C=O) groups is 2. The number of aryl methyl sites for hydroxylation is 1. The topological polar surface area (TPSA) is 107 Å². The molecule has 1 aliphatic rings. The fraction of sp³-hybridized carbons (Fsp3) is 0.391. The van der Waals surface area contributed by atoms with Gasteiger partial charge in [-0.3, -0.25) is 0 Å². The van der Waals surface area contributed by atoms with E-state index in [1.807, 2.05) is 31.9 Å². The van der Waals surface area contributed by atoms with Gasteiger partial charge in [-0.1, -0.05) is 6.07 Å². The lowest BCUT2D eigenvalue weighted by atomic mass is 9.99. The molecule has 0 atom stereocenters. The van der Waals surface area contributed by atoms with Crippen molar-refractivity contribution in [2.75, 3.05) is 43.9 Å². The number of nitrogens with zero attached hydrogens (tertiary/aromatic N) is 5. The molecule has 1 aromatic carbocycles. The first-order valence-corrected chi connectivity index (χ1v) is 10.8. The first-order chi connectivity index (χ1) is 15.7. The lowest BCUT2D eigenvalue weighted by Gasteiger charge is -2.47. The zero-order valence-electron chi connectivity index (χ0n) is 19.5. The molecule has 2 aromatic heterocycles. The molecule has 33 heavy (non-hydrogen) atoms. The van der Waals surface area contributed by atoms with E-state index in [9.17, 15) is 9.59 Å². The van der Waals surface area contributed by atoms with Crippen LogP contribution in [-0.2, 0) is 0 Å². The second-order valence-electron chi connectivity index (χ2n) is 9.00. The summed E-state index contributed by atoms with van der Waals surface area (Å²) in [6.07, 6.45) is 3.02. The van der Waals surface area contributed by atoms with E-state index in [0.717, 1.165) is 22.4 Å². The van der Waals surface area contributed by atoms with Crippen molar-refractivity contribution in [3.8, 4) is 5.75 Å². The van der Waals surface area contributed by atoms with Crippen molar-refractivity contribution in [2.45, 2.75) is 26.3 Å². The van der Waals surface area contributed by atoms with Gasteiger partial charge in [-0.05, 0) is 38.5 Å². The van der Waals surface area contributed by atoms with Gasteiger partial charge in [0.25, 0.3) is 0 Å². The molecule has 1 aliphatic heterocycles. The number of carbonyl (C=O) groups excluding carboxylic acids is 2. The minimum Gasteiger partial charge on any atom is -0.410 e. The maximum absolute atomic E-state index is 13.1. The third-order valence-electron chi connectivity index (χ3n) is 5.75. The lowest BCUT2D eigenvalue weighted by molar-refractivity contribution is 0.134. The highest BCUT2D eigenvalue weighted by Crippen LogP contribution is 2.31. The fourth-order valence-corrected chi connectivity index (χ4v) is 4.07. The fourth-order valence-electron chi connectivity index (χ4n) is 4.07. The van der Waals surface area contributed by atoms with Crippen molar-refractivity contribution in [3.05, 3.63) is 42.4 Å². The van der Waals surface area contributed by atoms with Crippen LogP contribution in [-0.4, -0.2) is 76.1 Å². The molecule has 3 aromatic rings. The third kappa shape index (κ3) is 4.55. The molecular formula is C23H29N7O3. The van der Waals surface area contributed by atoms with Crippen molar-refractivity contribution < 1.29 is 14.3 Å². The summed E-state index contributed by atoms with van der Waals surface area (Å²) in [5.74, 6) is 1.24. The second-order valence-corrected chi connectivity index (χ2v) is 9.00. The summed E-state index contributed by atoms with van der Waals surface area (Å²) < 4.78 is 5.29. The summed E-state index contributed by atoms with van der Waals surface area (Å²) in [5, 5.41) is 3.94. The Balaban J connectivity index is 1.47. The molecule has 0 aliphatic carbocycles. The predicted octanol–water partition coefficient (Wildman–Crippen LogP) is 3.46. The molecule has 0 saturated carbocycles. The van der Waals surface area contributed by atoms with Gasteiger partial charge in [0, 0.05) is 51.7 Å². The van der Waals surface area contributed by atoms with E-state index >= 15 is 0 Å². The number of hydrogen-bond acceptors (Lipinski definition) is 6. The molecule has 0 unspecified atom stereocenters. The van der Waals surface area contributed by atoms with E-state index in [2.05, 4.69) is 25.2 Å². The quantitative estimate of drug-likeness (QED) is 0.632. The van der Waals surface area contributed by atoms with Crippen LogP contribution in [0.3, 0.4) is 0 Å². The first-order valence-electron chi connectivity index (χ1n) is 10.8. The minimum atomic E-state index is -0.479. The number of benzene rings is 1. The largest absolute Gasteiger partial charge is 0.414 e. The average Bonchev–Trinajstić information content (AvgIpc) is 3.14. The number of piperazine rings is 1. The Morgan fingerprint density at radius 3 is 2.73 bits per heavy atom. The van der Waals surface area contributed by atoms with Crippen LogP contribution in [0.5, 0.6) is 5.75 Å². The Bertz CT molecular complexity index is 1190. The lowest BCUT2D eigenvalue weighted by Crippen LogP contribution is -2.62. The molecule has 0 bridgehead atoms. The number of amides is 3. The average molecular weight is 452 g/mol. The van der Waals surface area contributed by atoms with Gasteiger partial charge in [0.2, 0.25) is 0 Å². The Labute approximate surface area is 192 Å². The standard InChI is InChI=1S/C23H29N7O3/c1-15-12-24-19-18(15)20(26-14-25-19)29-9-10-30(23(2,3)13-29)21(31)27-16-7-6-8-17(11-16)33-22(32)28(4)5/h6-8,11-12,14H,9-10,13H2,1-5H3,(H,27,31)(H,24,25,26). The Kier molecular flexibility index (Phi) is 5.84. The number of H-pyrrole nitrogens is 1. The normalized spacial score (nSPS) is 15.4. The summed E-state index contributed by atoms with van der Waals surface area (Å²) in [4.78, 5) is 42.4. The van der Waals surface area contributed by atoms with E-state index in [0.29, 0.717) is 31.1 Å². The molecule has 0 radical (unpaired) electrons. The molecule has 1 fully saturated rings. The van der Waals surface area contributed by atoms with E-state index in [1.54, 1.807) is 44.7 Å². The molecule has 10 nitrogen and oxygen atoms in total. The molecule has 0 spiro atoms. The van der Waals surface area contributed by atoms with Crippen LogP contribution in [0.4, 0.5) is 21.1 Å². The summed E-state index contributed by atoms with van der Waals surface area (Å²) in [6, 6.07) is 6.60. The van der Waals surface area contributed by atoms with E-state index in [1.165, 1.54) is 4.90 Å². The molecule has 1 saturated heterocycles. The van der Waals surface area contributed by atoms with Crippen LogP contribution in [0.25, 0.3) is 11.0 Å². The van der Waals surface area contributed by atoms with Gasteiger partial charge in [0.15, 0.2) is 0 Å². The van der Waals surface area contributed by atoms with Crippen LogP contribution < -0.4 is 15.0 Å². The molecule has 3 heterocycles. The van der Waals surface area contributed by atoms with Crippen LogP contribution >= 0.6 is 0 Å².